The first-order valence-electron chi connectivity index (χ1n) is 12.6. The molecule has 0 saturated heterocycles. The van der Waals surface area contributed by atoms with Gasteiger partial charge < -0.3 is 30.7 Å². The quantitative estimate of drug-likeness (QED) is 0.343. The standard InChI is InChI=1S/C28H42N2O6/c1-16-13-21-11-8-12-22(25(21)32)30-27(33)18(3)10-7-9-17(2)26(36-28(29)34)20(5)15-19(4)24(31)23(14-16)35-6/h8,10-12,15-17,19,23-24,26,31-32H,7,9,13-14H2,1-6H3,(H2,29,34)(H,30,33)/b18-10+,20-15+/t16-,17+,19+,23+,24-,26-/m1/s1. The van der Waals surface area contributed by atoms with E-state index < -0.39 is 24.4 Å². The van der Waals surface area contributed by atoms with Crippen LogP contribution in [0.25, 0.3) is 0 Å². The second kappa shape index (κ2) is 13.5. The molecule has 1 aliphatic rings. The molecule has 1 aromatic carbocycles. The van der Waals surface area contributed by atoms with Crippen molar-refractivity contribution in [3.8, 4) is 5.75 Å². The van der Waals surface area contributed by atoms with Crippen molar-refractivity contribution >= 4 is 17.7 Å². The number of carbonyl (C=O) groups excluding carboxylic acids is 2. The summed E-state index contributed by atoms with van der Waals surface area (Å²) in [5.74, 6) is -0.515. The summed E-state index contributed by atoms with van der Waals surface area (Å²) in [5.41, 5.74) is 7.75. The van der Waals surface area contributed by atoms with Crippen molar-refractivity contribution < 1.29 is 29.3 Å². The Hall–Kier alpha value is -2.84. The number of anilines is 1. The third-order valence-corrected chi connectivity index (χ3v) is 6.96. The number of amides is 2. The fourth-order valence-electron chi connectivity index (χ4n) is 4.84. The van der Waals surface area contributed by atoms with Gasteiger partial charge in [0.1, 0.15) is 11.9 Å². The van der Waals surface area contributed by atoms with Gasteiger partial charge in [0.05, 0.1) is 17.9 Å². The minimum Gasteiger partial charge on any atom is -0.505 e. The number of aliphatic hydroxyl groups is 1. The van der Waals surface area contributed by atoms with E-state index in [0.717, 1.165) is 5.57 Å². The van der Waals surface area contributed by atoms with Gasteiger partial charge in [0, 0.05) is 18.6 Å². The first-order valence-corrected chi connectivity index (χ1v) is 12.6. The number of methoxy groups -OCH3 is 1. The number of rotatable bonds is 2. The molecule has 1 aliphatic heterocycles. The monoisotopic (exact) mass is 502 g/mol. The molecule has 0 aromatic heterocycles. The van der Waals surface area contributed by atoms with E-state index in [4.69, 9.17) is 15.2 Å². The van der Waals surface area contributed by atoms with Gasteiger partial charge in [0.15, 0.2) is 0 Å². The largest absolute Gasteiger partial charge is 0.505 e. The number of para-hydroxylation sites is 1. The second-order valence-corrected chi connectivity index (χ2v) is 10.1. The summed E-state index contributed by atoms with van der Waals surface area (Å²) < 4.78 is 11.1. The van der Waals surface area contributed by atoms with Crippen molar-refractivity contribution in [3.05, 3.63) is 47.1 Å². The summed E-state index contributed by atoms with van der Waals surface area (Å²) in [5, 5.41) is 24.7. The smallest absolute Gasteiger partial charge is 0.405 e. The number of phenolic OH excluding ortho intramolecular Hbond substituents is 1. The van der Waals surface area contributed by atoms with Gasteiger partial charge in [-0.15, -0.1) is 0 Å². The Morgan fingerprint density at radius 2 is 1.89 bits per heavy atom. The van der Waals surface area contributed by atoms with E-state index in [0.29, 0.717) is 42.5 Å². The van der Waals surface area contributed by atoms with Crippen LogP contribution in [0.1, 0.15) is 59.4 Å². The van der Waals surface area contributed by atoms with Crippen LogP contribution in [-0.2, 0) is 20.7 Å². The van der Waals surface area contributed by atoms with Crippen molar-refractivity contribution in [2.45, 2.75) is 78.6 Å². The molecule has 0 aliphatic carbocycles. The van der Waals surface area contributed by atoms with E-state index in [-0.39, 0.29) is 29.4 Å². The molecule has 8 heteroatoms. The molecule has 0 fully saturated rings. The summed E-state index contributed by atoms with van der Waals surface area (Å²) in [6.07, 6.45) is 3.43. The zero-order valence-electron chi connectivity index (χ0n) is 22.3. The van der Waals surface area contributed by atoms with Gasteiger partial charge in [-0.3, -0.25) is 4.79 Å². The van der Waals surface area contributed by atoms with E-state index in [1.54, 1.807) is 26.2 Å². The number of ether oxygens (including phenoxy) is 2. The normalized spacial score (nSPS) is 31.9. The Morgan fingerprint density at radius 1 is 1.19 bits per heavy atom. The molecule has 0 spiro atoms. The maximum absolute atomic E-state index is 12.7. The molecule has 0 unspecified atom stereocenters. The molecular formula is C28H42N2O6. The molecule has 1 heterocycles. The SMILES string of the molecule is CO[C@H]1C[C@H](C)Cc2cccc(c2O)NC(=O)/C(C)=C/CC[C@H](C)[C@@H](OC(N)=O)/C(C)=C/[C@H](C)[C@H]1O. The minimum atomic E-state index is -0.859. The molecule has 200 valence electrons. The average Bonchev–Trinajstić information content (AvgIpc) is 2.81. The molecule has 8 nitrogen and oxygen atoms in total. The minimum absolute atomic E-state index is 0.0462. The molecule has 2 amide bonds. The summed E-state index contributed by atoms with van der Waals surface area (Å²) in [6.45, 7) is 9.48. The Bertz CT molecular complexity index is 973. The number of hydrogen-bond donors (Lipinski definition) is 4. The number of phenols is 1. The number of fused-ring (bicyclic) bond motifs is 2. The highest BCUT2D eigenvalue weighted by molar-refractivity contribution is 6.04. The molecule has 1 aromatic rings. The number of aliphatic hydroxyl groups excluding tert-OH is 1. The van der Waals surface area contributed by atoms with Gasteiger partial charge in [-0.1, -0.05) is 45.1 Å². The number of primary amides is 1. The van der Waals surface area contributed by atoms with Crippen molar-refractivity contribution in [2.75, 3.05) is 12.4 Å². The van der Waals surface area contributed by atoms with Crippen LogP contribution in [0.3, 0.4) is 0 Å². The average molecular weight is 503 g/mol. The number of allylic oxidation sites excluding steroid dienone is 1. The maximum Gasteiger partial charge on any atom is 0.405 e. The van der Waals surface area contributed by atoms with Gasteiger partial charge in [-0.2, -0.15) is 0 Å². The van der Waals surface area contributed by atoms with Crippen molar-refractivity contribution in [1.82, 2.24) is 0 Å². The summed E-state index contributed by atoms with van der Waals surface area (Å²) in [4.78, 5) is 24.4. The third kappa shape index (κ3) is 8.10. The van der Waals surface area contributed by atoms with Crippen LogP contribution in [0.4, 0.5) is 10.5 Å². The fraction of sp³-hybridized carbons (Fsp3) is 0.571. The number of aromatic hydroxyl groups is 1. The topological polar surface area (TPSA) is 131 Å². The van der Waals surface area contributed by atoms with Crippen LogP contribution in [0.2, 0.25) is 0 Å². The van der Waals surface area contributed by atoms with Crippen molar-refractivity contribution in [2.24, 2.45) is 23.5 Å². The van der Waals surface area contributed by atoms with Gasteiger partial charge in [-0.05, 0) is 68.6 Å². The summed E-state index contributed by atoms with van der Waals surface area (Å²) in [7, 11) is 1.57. The second-order valence-electron chi connectivity index (χ2n) is 10.1. The van der Waals surface area contributed by atoms with E-state index in [2.05, 4.69) is 5.32 Å². The van der Waals surface area contributed by atoms with Gasteiger partial charge in [0.2, 0.25) is 0 Å². The molecule has 0 radical (unpaired) electrons. The molecule has 0 saturated carbocycles. The number of hydrogen-bond acceptors (Lipinski definition) is 6. The molecule has 36 heavy (non-hydrogen) atoms. The van der Waals surface area contributed by atoms with E-state index in [1.165, 1.54) is 0 Å². The molecule has 5 N–H and O–H groups in total. The van der Waals surface area contributed by atoms with Gasteiger partial charge in [0.25, 0.3) is 5.91 Å². The van der Waals surface area contributed by atoms with E-state index >= 15 is 0 Å². The fourth-order valence-corrected chi connectivity index (χ4v) is 4.84. The number of carbonyl (C=O) groups is 2. The lowest BCUT2D eigenvalue weighted by atomic mass is 9.87. The van der Waals surface area contributed by atoms with Crippen molar-refractivity contribution in [1.29, 1.82) is 0 Å². The lowest BCUT2D eigenvalue weighted by molar-refractivity contribution is -0.112. The lowest BCUT2D eigenvalue weighted by Gasteiger charge is -2.29. The number of nitrogens with two attached hydrogens (primary N) is 1. The van der Waals surface area contributed by atoms with Crippen molar-refractivity contribution in [3.63, 3.8) is 0 Å². The van der Waals surface area contributed by atoms with Crippen LogP contribution in [-0.4, -0.2) is 47.6 Å². The Kier molecular flexibility index (Phi) is 11.0. The predicted octanol–water partition coefficient (Wildman–Crippen LogP) is 4.70. The number of nitrogens with one attached hydrogen (secondary N) is 1. The molecule has 2 bridgehead atoms. The molecular weight excluding hydrogens is 460 g/mol. The first kappa shape index (κ1) is 29.4. The van der Waals surface area contributed by atoms with Gasteiger partial charge >= 0.3 is 6.09 Å². The van der Waals surface area contributed by atoms with Gasteiger partial charge in [-0.25, -0.2) is 4.79 Å². The Balaban J connectivity index is 2.44. The number of benzene rings is 1. The van der Waals surface area contributed by atoms with Crippen LogP contribution in [0, 0.1) is 17.8 Å². The van der Waals surface area contributed by atoms with Crippen LogP contribution >= 0.6 is 0 Å². The van der Waals surface area contributed by atoms with E-state index in [9.17, 15) is 19.8 Å². The first-order chi connectivity index (χ1) is 16.9. The lowest BCUT2D eigenvalue weighted by Crippen LogP contribution is -2.35. The van der Waals surface area contributed by atoms with Crippen LogP contribution < -0.4 is 11.1 Å². The Labute approximate surface area is 214 Å². The van der Waals surface area contributed by atoms with Crippen LogP contribution in [0.5, 0.6) is 5.75 Å². The predicted molar refractivity (Wildman–Crippen MR) is 141 cm³/mol. The van der Waals surface area contributed by atoms with Crippen LogP contribution in [0.15, 0.2) is 41.5 Å². The van der Waals surface area contributed by atoms with E-state index in [1.807, 2.05) is 45.9 Å². The summed E-state index contributed by atoms with van der Waals surface area (Å²) in [6, 6.07) is 5.31. The third-order valence-electron chi connectivity index (χ3n) is 6.96. The Morgan fingerprint density at radius 3 is 2.53 bits per heavy atom. The molecule has 6 atom stereocenters. The zero-order valence-corrected chi connectivity index (χ0v) is 22.3. The zero-order chi connectivity index (χ0) is 27.0. The maximum atomic E-state index is 12.7. The summed E-state index contributed by atoms with van der Waals surface area (Å²) >= 11 is 0. The highest BCUT2D eigenvalue weighted by Gasteiger charge is 2.28. The highest BCUT2D eigenvalue weighted by Crippen LogP contribution is 2.32. The molecule has 2 rings (SSSR count). The highest BCUT2D eigenvalue weighted by atomic mass is 16.6.